The van der Waals surface area contributed by atoms with Crippen molar-refractivity contribution in [2.75, 3.05) is 13.2 Å². The molecule has 0 aliphatic heterocycles. The SMILES string of the molecule is Cl.NOOCCCOc1ccc(Cl)cc1Cl. The molecule has 1 aromatic carbocycles. The van der Waals surface area contributed by atoms with Crippen molar-refractivity contribution in [1.29, 1.82) is 0 Å². The van der Waals surface area contributed by atoms with Gasteiger partial charge in [-0.2, -0.15) is 5.90 Å². The molecule has 4 nitrogen and oxygen atoms in total. The molecule has 0 unspecified atom stereocenters. The van der Waals surface area contributed by atoms with E-state index in [-0.39, 0.29) is 12.4 Å². The second kappa shape index (κ2) is 8.87. The lowest BCUT2D eigenvalue weighted by atomic mass is 10.3. The van der Waals surface area contributed by atoms with Crippen LogP contribution in [0.25, 0.3) is 0 Å². The van der Waals surface area contributed by atoms with Crippen LogP contribution in [0.2, 0.25) is 10.0 Å². The molecular weight excluding hydrogens is 276 g/mol. The second-order valence-corrected chi connectivity index (χ2v) is 3.54. The van der Waals surface area contributed by atoms with Crippen molar-refractivity contribution in [2.45, 2.75) is 6.42 Å². The molecule has 0 saturated carbocycles. The van der Waals surface area contributed by atoms with E-state index < -0.39 is 0 Å². The average molecular weight is 289 g/mol. The molecule has 1 rings (SSSR count). The van der Waals surface area contributed by atoms with Crippen LogP contribution in [-0.4, -0.2) is 13.2 Å². The Bertz CT molecular complexity index is 312. The van der Waals surface area contributed by atoms with Crippen LogP contribution in [0, 0.1) is 0 Å². The van der Waals surface area contributed by atoms with Crippen molar-refractivity contribution in [3.8, 4) is 5.75 Å². The minimum absolute atomic E-state index is 0. The van der Waals surface area contributed by atoms with Crippen LogP contribution in [0.1, 0.15) is 6.42 Å². The van der Waals surface area contributed by atoms with Gasteiger partial charge in [-0.25, -0.2) is 4.89 Å². The van der Waals surface area contributed by atoms with Gasteiger partial charge in [0.05, 0.1) is 18.2 Å². The minimum atomic E-state index is 0. The highest BCUT2D eigenvalue weighted by atomic mass is 35.5. The fourth-order valence-electron chi connectivity index (χ4n) is 0.940. The Morgan fingerprint density at radius 1 is 1.19 bits per heavy atom. The number of halogens is 3. The topological polar surface area (TPSA) is 53.7 Å². The maximum atomic E-state index is 5.88. The molecule has 0 amide bonds. The van der Waals surface area contributed by atoms with Crippen LogP contribution in [-0.2, 0) is 9.88 Å². The molecule has 92 valence electrons. The van der Waals surface area contributed by atoms with Gasteiger partial charge in [0.15, 0.2) is 0 Å². The van der Waals surface area contributed by atoms with Crippen molar-refractivity contribution >= 4 is 35.6 Å². The zero-order valence-electron chi connectivity index (χ0n) is 8.32. The standard InChI is InChI=1S/C9H11Cl2NO3.ClH/c10-7-2-3-9(8(11)6-7)13-4-1-5-14-15-12;/h2-3,6H,1,4-5,12H2;1H. The van der Waals surface area contributed by atoms with Crippen molar-refractivity contribution in [3.63, 3.8) is 0 Å². The highest BCUT2D eigenvalue weighted by Gasteiger charge is 2.01. The molecule has 0 atom stereocenters. The lowest BCUT2D eigenvalue weighted by molar-refractivity contribution is -0.300. The molecule has 7 heteroatoms. The Kier molecular flexibility index (Phi) is 8.74. The molecule has 0 heterocycles. The predicted octanol–water partition coefficient (Wildman–Crippen LogP) is 3.01. The number of ether oxygens (including phenoxy) is 1. The van der Waals surface area contributed by atoms with Gasteiger partial charge in [-0.1, -0.05) is 23.2 Å². The van der Waals surface area contributed by atoms with E-state index in [9.17, 15) is 0 Å². The summed E-state index contributed by atoms with van der Waals surface area (Å²) in [6.45, 7) is 0.826. The van der Waals surface area contributed by atoms with Crippen LogP contribution in [0.5, 0.6) is 5.75 Å². The van der Waals surface area contributed by atoms with Gasteiger partial charge in [0.2, 0.25) is 0 Å². The molecule has 2 N–H and O–H groups in total. The lowest BCUT2D eigenvalue weighted by Crippen LogP contribution is -2.06. The van der Waals surface area contributed by atoms with Crippen LogP contribution >= 0.6 is 35.6 Å². The second-order valence-electron chi connectivity index (χ2n) is 2.69. The summed E-state index contributed by atoms with van der Waals surface area (Å²) in [5.41, 5.74) is 0. The van der Waals surface area contributed by atoms with Crippen molar-refractivity contribution in [1.82, 2.24) is 0 Å². The van der Waals surface area contributed by atoms with E-state index in [4.69, 9.17) is 27.9 Å². The summed E-state index contributed by atoms with van der Waals surface area (Å²) < 4.78 is 5.37. The molecule has 0 aliphatic rings. The molecule has 0 aromatic heterocycles. The van der Waals surface area contributed by atoms with Crippen LogP contribution < -0.4 is 10.6 Å². The minimum Gasteiger partial charge on any atom is -0.492 e. The van der Waals surface area contributed by atoms with E-state index in [2.05, 4.69) is 15.8 Å². The molecule has 0 fully saturated rings. The van der Waals surface area contributed by atoms with Crippen LogP contribution in [0.4, 0.5) is 0 Å². The summed E-state index contributed by atoms with van der Waals surface area (Å²) >= 11 is 11.6. The lowest BCUT2D eigenvalue weighted by Gasteiger charge is -2.07. The Morgan fingerprint density at radius 2 is 1.94 bits per heavy atom. The van der Waals surface area contributed by atoms with Crippen molar-refractivity contribution < 1.29 is 14.6 Å². The Balaban J connectivity index is 0.00000225. The van der Waals surface area contributed by atoms with E-state index in [1.165, 1.54) is 0 Å². The predicted molar refractivity (Wildman–Crippen MR) is 65.0 cm³/mol. The smallest absolute Gasteiger partial charge is 0.137 e. The van der Waals surface area contributed by atoms with Crippen LogP contribution in [0.15, 0.2) is 18.2 Å². The summed E-state index contributed by atoms with van der Waals surface area (Å²) in [6.07, 6.45) is 0.649. The number of hydrogen-bond acceptors (Lipinski definition) is 4. The van der Waals surface area contributed by atoms with E-state index in [1.54, 1.807) is 18.2 Å². The first-order chi connectivity index (χ1) is 7.24. The Morgan fingerprint density at radius 3 is 2.56 bits per heavy atom. The first-order valence-corrected chi connectivity index (χ1v) is 5.06. The van der Waals surface area contributed by atoms with E-state index in [0.29, 0.717) is 35.4 Å². The molecule has 0 aliphatic carbocycles. The maximum Gasteiger partial charge on any atom is 0.137 e. The highest BCUT2D eigenvalue weighted by Crippen LogP contribution is 2.27. The number of hydrogen-bond donors (Lipinski definition) is 1. The first-order valence-electron chi connectivity index (χ1n) is 4.30. The summed E-state index contributed by atoms with van der Waals surface area (Å²) in [6, 6.07) is 5.05. The highest BCUT2D eigenvalue weighted by molar-refractivity contribution is 6.35. The zero-order valence-corrected chi connectivity index (χ0v) is 10.6. The Hall–Kier alpha value is -0.230. The van der Waals surface area contributed by atoms with Crippen molar-refractivity contribution in [3.05, 3.63) is 28.2 Å². The molecule has 16 heavy (non-hydrogen) atoms. The molecule has 0 bridgehead atoms. The third kappa shape index (κ3) is 5.75. The number of benzene rings is 1. The van der Waals surface area contributed by atoms with E-state index in [0.717, 1.165) is 0 Å². The fraction of sp³-hybridized carbons (Fsp3) is 0.333. The summed E-state index contributed by atoms with van der Waals surface area (Å²) in [7, 11) is 0. The van der Waals surface area contributed by atoms with Gasteiger partial charge in [-0.3, -0.25) is 0 Å². The van der Waals surface area contributed by atoms with Gasteiger partial charge in [0.1, 0.15) is 5.75 Å². The third-order valence-electron chi connectivity index (χ3n) is 1.59. The zero-order chi connectivity index (χ0) is 11.1. The summed E-state index contributed by atoms with van der Waals surface area (Å²) in [4.78, 5) is 8.40. The molecular formula is C9H12Cl3NO3. The van der Waals surface area contributed by atoms with Crippen LogP contribution in [0.3, 0.4) is 0 Å². The van der Waals surface area contributed by atoms with Gasteiger partial charge < -0.3 is 4.74 Å². The largest absolute Gasteiger partial charge is 0.492 e. The van der Waals surface area contributed by atoms with E-state index in [1.807, 2.05) is 0 Å². The van der Waals surface area contributed by atoms with Crippen molar-refractivity contribution in [2.24, 2.45) is 5.90 Å². The van der Waals surface area contributed by atoms with E-state index >= 15 is 0 Å². The average Bonchev–Trinajstić information content (AvgIpc) is 2.20. The normalized spacial score (nSPS) is 9.69. The Labute approximate surface area is 110 Å². The quantitative estimate of drug-likeness (QED) is 0.497. The van der Waals surface area contributed by atoms with Gasteiger partial charge >= 0.3 is 0 Å². The molecule has 0 radical (unpaired) electrons. The third-order valence-corrected chi connectivity index (χ3v) is 2.12. The summed E-state index contributed by atoms with van der Waals surface area (Å²) in [5, 5.41) is 1.06. The fourth-order valence-corrected chi connectivity index (χ4v) is 1.40. The first kappa shape index (κ1) is 15.8. The van der Waals surface area contributed by atoms with Gasteiger partial charge in [-0.05, 0) is 18.2 Å². The van der Waals surface area contributed by atoms with Gasteiger partial charge in [0.25, 0.3) is 0 Å². The van der Waals surface area contributed by atoms with Gasteiger partial charge in [-0.15, -0.1) is 17.4 Å². The van der Waals surface area contributed by atoms with Gasteiger partial charge in [0, 0.05) is 11.4 Å². The molecule has 0 saturated heterocycles. The number of nitrogens with two attached hydrogens (primary N) is 1. The number of rotatable bonds is 6. The summed E-state index contributed by atoms with van der Waals surface area (Å²) in [5.74, 6) is 5.26. The maximum absolute atomic E-state index is 5.88. The molecule has 1 aromatic rings. The molecule has 0 spiro atoms. The monoisotopic (exact) mass is 287 g/mol.